The fourth-order valence-electron chi connectivity index (χ4n) is 0.764. The minimum Gasteiger partial charge on any atom is -0.353 e. The van der Waals surface area contributed by atoms with Crippen LogP contribution in [-0.4, -0.2) is 18.2 Å². The Balaban J connectivity index is 4.36. The highest BCUT2D eigenvalue weighted by Crippen LogP contribution is 2.61. The number of rotatable bonds is 7. The molecule has 0 aromatic carbocycles. The number of hydrogen-bond donors (Lipinski definition) is 1. The van der Waals surface area contributed by atoms with Crippen molar-refractivity contribution in [1.29, 1.82) is 0 Å². The third-order valence-corrected chi connectivity index (χ3v) is 6.63. The summed E-state index contributed by atoms with van der Waals surface area (Å²) in [5, 5.41) is 2.92. The van der Waals surface area contributed by atoms with Crippen molar-refractivity contribution in [2.45, 2.75) is 33.8 Å². The zero-order chi connectivity index (χ0) is 11.7. The molecule has 0 saturated heterocycles. The molecule has 1 atom stereocenters. The Morgan fingerprint density at radius 2 is 2.27 bits per heavy atom. The first-order valence-electron chi connectivity index (χ1n) is 4.88. The van der Waals surface area contributed by atoms with Gasteiger partial charge in [0.2, 0.25) is 5.62 Å². The summed E-state index contributed by atoms with van der Waals surface area (Å²) in [7, 11) is 0. The highest BCUT2D eigenvalue weighted by Gasteiger charge is 2.17. The van der Waals surface area contributed by atoms with E-state index in [0.29, 0.717) is 0 Å². The number of allylic oxidation sites excluding steroid dienone is 1. The quantitative estimate of drug-likeness (QED) is 0.434. The summed E-state index contributed by atoms with van der Waals surface area (Å²) in [5.41, 5.74) is -2.09. The highest BCUT2D eigenvalue weighted by atomic mass is 32.9. The summed E-state index contributed by atoms with van der Waals surface area (Å²) in [6, 6.07) is 0. The fourth-order valence-corrected chi connectivity index (χ4v) is 5.64. The molecule has 0 spiro atoms. The molecule has 1 unspecified atom stereocenters. The second kappa shape index (κ2) is 8.34. The molecule has 0 bridgehead atoms. The molecule has 0 aliphatic rings. The maximum Gasteiger partial charge on any atom is 0.233 e. The Kier molecular flexibility index (Phi) is 8.43. The standard InChI is InChI=1S/C9H19N2OPS2/c1-5-7-10-8-11-13(14,15-6-2)12-9(3)4/h5,7-9H,6H2,1-4H3,(H,10,11,14). The van der Waals surface area contributed by atoms with Gasteiger partial charge < -0.3 is 9.84 Å². The summed E-state index contributed by atoms with van der Waals surface area (Å²) in [5.74, 6) is 0.922. The Hall–Kier alpha value is 0.170. The Morgan fingerprint density at radius 3 is 2.73 bits per heavy atom. The van der Waals surface area contributed by atoms with Crippen LogP contribution in [-0.2, 0) is 16.3 Å². The highest BCUT2D eigenvalue weighted by molar-refractivity contribution is 8.69. The molecule has 0 heterocycles. The lowest BCUT2D eigenvalue weighted by molar-refractivity contribution is 0.276. The van der Waals surface area contributed by atoms with Crippen LogP contribution in [0.5, 0.6) is 0 Å². The van der Waals surface area contributed by atoms with Gasteiger partial charge in [-0.05, 0) is 44.5 Å². The molecule has 6 heteroatoms. The van der Waals surface area contributed by atoms with E-state index in [1.54, 1.807) is 23.9 Å². The lowest BCUT2D eigenvalue weighted by Gasteiger charge is -2.18. The topological polar surface area (TPSA) is 33.6 Å². The van der Waals surface area contributed by atoms with Gasteiger partial charge in [0.1, 0.15) is 0 Å². The maximum atomic E-state index is 5.69. The first kappa shape index (κ1) is 15.2. The SMILES string of the molecule is CC=CNC=NP(=S)(OC(C)C)SCC. The van der Waals surface area contributed by atoms with Crippen molar-refractivity contribution in [2.75, 3.05) is 5.75 Å². The minimum atomic E-state index is -2.09. The van der Waals surface area contributed by atoms with E-state index >= 15 is 0 Å². The van der Waals surface area contributed by atoms with E-state index in [1.807, 2.05) is 26.8 Å². The lowest BCUT2D eigenvalue weighted by Crippen LogP contribution is -2.02. The molecule has 0 aliphatic heterocycles. The number of nitrogens with zero attached hydrogens (tertiary/aromatic N) is 1. The predicted octanol–water partition coefficient (Wildman–Crippen LogP) is 3.54. The lowest BCUT2D eigenvalue weighted by atomic mass is 10.5. The van der Waals surface area contributed by atoms with Crippen LogP contribution < -0.4 is 5.32 Å². The molecule has 0 radical (unpaired) electrons. The van der Waals surface area contributed by atoms with Gasteiger partial charge in [0.15, 0.2) is 0 Å². The molecule has 3 nitrogen and oxygen atoms in total. The molecule has 1 N–H and O–H groups in total. The Labute approximate surface area is 102 Å². The van der Waals surface area contributed by atoms with Gasteiger partial charge in [-0.3, -0.25) is 0 Å². The summed E-state index contributed by atoms with van der Waals surface area (Å²) in [4.78, 5) is 0. The number of hydrogen-bond acceptors (Lipinski definition) is 3. The smallest absolute Gasteiger partial charge is 0.233 e. The van der Waals surface area contributed by atoms with Gasteiger partial charge in [-0.25, -0.2) is 4.76 Å². The van der Waals surface area contributed by atoms with Gasteiger partial charge in [0.25, 0.3) is 0 Å². The monoisotopic (exact) mass is 266 g/mol. The average Bonchev–Trinajstić information content (AvgIpc) is 2.11. The van der Waals surface area contributed by atoms with Crippen molar-refractivity contribution in [1.82, 2.24) is 5.32 Å². The zero-order valence-corrected chi connectivity index (χ0v) is 12.2. The maximum absolute atomic E-state index is 5.69. The molecular formula is C9H19N2OPS2. The van der Waals surface area contributed by atoms with E-state index in [0.717, 1.165) is 5.75 Å². The van der Waals surface area contributed by atoms with Crippen LogP contribution in [0.2, 0.25) is 0 Å². The Morgan fingerprint density at radius 1 is 1.60 bits per heavy atom. The van der Waals surface area contributed by atoms with Crippen molar-refractivity contribution in [3.8, 4) is 0 Å². The van der Waals surface area contributed by atoms with E-state index in [4.69, 9.17) is 16.3 Å². The molecule has 15 heavy (non-hydrogen) atoms. The van der Waals surface area contributed by atoms with E-state index < -0.39 is 5.62 Å². The summed E-state index contributed by atoms with van der Waals surface area (Å²) < 4.78 is 9.99. The van der Waals surface area contributed by atoms with Crippen LogP contribution in [0.15, 0.2) is 17.0 Å². The van der Waals surface area contributed by atoms with Crippen LogP contribution in [0.3, 0.4) is 0 Å². The largest absolute Gasteiger partial charge is 0.353 e. The summed E-state index contributed by atoms with van der Waals surface area (Å²) in [6.45, 7) is 7.95. The van der Waals surface area contributed by atoms with Crippen LogP contribution in [0.1, 0.15) is 27.7 Å². The fraction of sp³-hybridized carbons (Fsp3) is 0.667. The zero-order valence-electron chi connectivity index (χ0n) is 9.64. The van der Waals surface area contributed by atoms with E-state index in [-0.39, 0.29) is 6.10 Å². The van der Waals surface area contributed by atoms with Crippen molar-refractivity contribution in [2.24, 2.45) is 4.76 Å². The second-order valence-corrected chi connectivity index (χ2v) is 9.60. The molecule has 0 aromatic heterocycles. The minimum absolute atomic E-state index is 0.119. The normalized spacial score (nSPS) is 16.3. The first-order valence-corrected chi connectivity index (χ1v) is 9.14. The Bertz CT molecular complexity index is 267. The van der Waals surface area contributed by atoms with Gasteiger partial charge in [-0.15, -0.1) is 0 Å². The van der Waals surface area contributed by atoms with Crippen LogP contribution in [0, 0.1) is 0 Å². The molecule has 0 aliphatic carbocycles. The molecular weight excluding hydrogens is 247 g/mol. The van der Waals surface area contributed by atoms with Crippen LogP contribution in [0.25, 0.3) is 0 Å². The van der Waals surface area contributed by atoms with Gasteiger partial charge >= 0.3 is 0 Å². The van der Waals surface area contributed by atoms with Gasteiger partial charge in [0, 0.05) is 0 Å². The molecule has 0 rings (SSSR count). The summed E-state index contributed by atoms with van der Waals surface area (Å²) >= 11 is 7.02. The van der Waals surface area contributed by atoms with Crippen molar-refractivity contribution in [3.63, 3.8) is 0 Å². The van der Waals surface area contributed by atoms with Crippen molar-refractivity contribution < 1.29 is 4.52 Å². The molecule has 0 aromatic rings. The van der Waals surface area contributed by atoms with Crippen LogP contribution >= 0.6 is 17.0 Å². The number of nitrogens with one attached hydrogen (secondary N) is 1. The first-order chi connectivity index (χ1) is 7.04. The van der Waals surface area contributed by atoms with E-state index in [2.05, 4.69) is 17.0 Å². The third kappa shape index (κ3) is 8.03. The van der Waals surface area contributed by atoms with Gasteiger partial charge in [0.05, 0.1) is 12.4 Å². The van der Waals surface area contributed by atoms with Crippen molar-refractivity contribution in [3.05, 3.63) is 12.3 Å². The van der Waals surface area contributed by atoms with Gasteiger partial charge in [-0.1, -0.05) is 24.4 Å². The van der Waals surface area contributed by atoms with Crippen molar-refractivity contribution >= 4 is 35.1 Å². The second-order valence-electron chi connectivity index (χ2n) is 2.95. The van der Waals surface area contributed by atoms with Gasteiger partial charge in [-0.2, -0.15) is 0 Å². The van der Waals surface area contributed by atoms with E-state index in [1.165, 1.54) is 0 Å². The average molecular weight is 266 g/mol. The van der Waals surface area contributed by atoms with E-state index in [9.17, 15) is 0 Å². The molecule has 0 amide bonds. The third-order valence-electron chi connectivity index (χ3n) is 1.17. The van der Waals surface area contributed by atoms with Crippen LogP contribution in [0.4, 0.5) is 0 Å². The predicted molar refractivity (Wildman–Crippen MR) is 75.1 cm³/mol. The molecule has 0 saturated carbocycles. The summed E-state index contributed by atoms with van der Waals surface area (Å²) in [6.07, 6.45) is 5.43. The molecule has 0 fully saturated rings. The molecule has 88 valence electrons.